The first-order chi connectivity index (χ1) is 10.8. The molecule has 0 saturated carbocycles. The van der Waals surface area contributed by atoms with Crippen molar-refractivity contribution in [1.29, 1.82) is 0 Å². The molecule has 1 amide bonds. The molecule has 1 heterocycles. The Morgan fingerprint density at radius 3 is 2.67 bits per heavy atom. The van der Waals surface area contributed by atoms with Crippen LogP contribution in [0.3, 0.4) is 0 Å². The van der Waals surface area contributed by atoms with Crippen LogP contribution in [-0.4, -0.2) is 38.3 Å². The topological polar surface area (TPSA) is 50.4 Å². The molecule has 0 bridgehead atoms. The van der Waals surface area contributed by atoms with E-state index in [-0.39, 0.29) is 19.0 Å². The van der Waals surface area contributed by atoms with E-state index in [1.165, 1.54) is 7.11 Å². The number of amides is 1. The number of ether oxygens (including phenoxy) is 1. The molecule has 136 valence electrons. The second-order valence-electron chi connectivity index (χ2n) is 5.62. The first kappa shape index (κ1) is 20.7. The van der Waals surface area contributed by atoms with E-state index in [0.717, 1.165) is 19.4 Å². The molecule has 1 atom stereocenters. The summed E-state index contributed by atoms with van der Waals surface area (Å²) in [5, 5.41) is 5.71. The quantitative estimate of drug-likeness (QED) is 0.784. The van der Waals surface area contributed by atoms with Crippen molar-refractivity contribution in [2.75, 3.05) is 26.8 Å². The number of methoxy groups -OCH3 is 1. The number of alkyl halides is 3. The van der Waals surface area contributed by atoms with Crippen molar-refractivity contribution < 1.29 is 27.1 Å². The molecule has 2 rings (SSSR count). The Morgan fingerprint density at radius 1 is 1.42 bits per heavy atom. The summed E-state index contributed by atoms with van der Waals surface area (Å²) in [6, 6.07) is 1.78. The van der Waals surface area contributed by atoms with Crippen molar-refractivity contribution >= 4 is 18.3 Å². The van der Waals surface area contributed by atoms with Gasteiger partial charge in [0.1, 0.15) is 5.82 Å². The SMILES string of the molecule is COCC1(CNC(=O)c2cc(C(F)(F)F)ccc2F)CCCN1.Cl. The fraction of sp³-hybridized carbons (Fsp3) is 0.533. The largest absolute Gasteiger partial charge is 0.416 e. The lowest BCUT2D eigenvalue weighted by Crippen LogP contribution is -2.53. The summed E-state index contributed by atoms with van der Waals surface area (Å²) in [4.78, 5) is 12.1. The van der Waals surface area contributed by atoms with Gasteiger partial charge in [-0.05, 0) is 37.6 Å². The second-order valence-corrected chi connectivity index (χ2v) is 5.62. The van der Waals surface area contributed by atoms with Gasteiger partial charge in [-0.25, -0.2) is 4.39 Å². The molecular weight excluding hydrogens is 352 g/mol. The Hall–Kier alpha value is -1.38. The van der Waals surface area contributed by atoms with Gasteiger partial charge in [-0.3, -0.25) is 4.79 Å². The highest BCUT2D eigenvalue weighted by molar-refractivity contribution is 5.94. The number of hydrogen-bond donors (Lipinski definition) is 2. The zero-order valence-corrected chi connectivity index (χ0v) is 13.8. The number of carbonyl (C=O) groups excluding carboxylic acids is 1. The van der Waals surface area contributed by atoms with Crippen LogP contribution in [0.2, 0.25) is 0 Å². The van der Waals surface area contributed by atoms with E-state index in [1.54, 1.807) is 0 Å². The highest BCUT2D eigenvalue weighted by Gasteiger charge is 2.35. The van der Waals surface area contributed by atoms with Crippen molar-refractivity contribution in [2.45, 2.75) is 24.6 Å². The van der Waals surface area contributed by atoms with Crippen molar-refractivity contribution in [2.24, 2.45) is 0 Å². The molecule has 2 N–H and O–H groups in total. The number of carbonyl (C=O) groups is 1. The van der Waals surface area contributed by atoms with Crippen LogP contribution in [0.4, 0.5) is 17.6 Å². The van der Waals surface area contributed by atoms with Crippen molar-refractivity contribution in [3.05, 3.63) is 35.1 Å². The lowest BCUT2D eigenvalue weighted by Gasteiger charge is -2.29. The molecule has 0 radical (unpaired) electrons. The van der Waals surface area contributed by atoms with E-state index in [2.05, 4.69) is 10.6 Å². The van der Waals surface area contributed by atoms with Crippen molar-refractivity contribution in [3.8, 4) is 0 Å². The summed E-state index contributed by atoms with van der Waals surface area (Å²) < 4.78 is 56.8. The van der Waals surface area contributed by atoms with Crippen LogP contribution in [0.5, 0.6) is 0 Å². The minimum atomic E-state index is -4.63. The van der Waals surface area contributed by atoms with Crippen LogP contribution in [0.1, 0.15) is 28.8 Å². The Bertz CT molecular complexity index is 575. The lowest BCUT2D eigenvalue weighted by molar-refractivity contribution is -0.137. The average molecular weight is 371 g/mol. The monoisotopic (exact) mass is 370 g/mol. The second kappa shape index (κ2) is 8.13. The fourth-order valence-corrected chi connectivity index (χ4v) is 2.69. The molecule has 9 heteroatoms. The third kappa shape index (κ3) is 4.81. The summed E-state index contributed by atoms with van der Waals surface area (Å²) in [7, 11) is 1.52. The first-order valence-electron chi connectivity index (χ1n) is 7.16. The predicted octanol–water partition coefficient (Wildman–Crippen LogP) is 2.76. The Kier molecular flexibility index (Phi) is 7.00. The molecule has 1 aromatic rings. The van der Waals surface area contributed by atoms with Gasteiger partial charge in [0.05, 0.1) is 23.3 Å². The Balaban J connectivity index is 0.00000288. The summed E-state index contributed by atoms with van der Waals surface area (Å²) in [6.07, 6.45) is -2.98. The van der Waals surface area contributed by atoms with Gasteiger partial charge in [-0.2, -0.15) is 13.2 Å². The van der Waals surface area contributed by atoms with Gasteiger partial charge >= 0.3 is 6.18 Å². The number of hydrogen-bond acceptors (Lipinski definition) is 3. The third-order valence-electron chi connectivity index (χ3n) is 3.88. The van der Waals surface area contributed by atoms with Gasteiger partial charge in [0.25, 0.3) is 5.91 Å². The molecule has 1 unspecified atom stereocenters. The van der Waals surface area contributed by atoms with Crippen molar-refractivity contribution in [1.82, 2.24) is 10.6 Å². The lowest BCUT2D eigenvalue weighted by atomic mass is 9.98. The van der Waals surface area contributed by atoms with Gasteiger partial charge < -0.3 is 15.4 Å². The van der Waals surface area contributed by atoms with Crippen LogP contribution in [-0.2, 0) is 10.9 Å². The van der Waals surface area contributed by atoms with E-state index in [9.17, 15) is 22.4 Å². The molecule has 1 saturated heterocycles. The van der Waals surface area contributed by atoms with Gasteiger partial charge in [0, 0.05) is 13.7 Å². The van der Waals surface area contributed by atoms with E-state index in [0.29, 0.717) is 24.8 Å². The smallest absolute Gasteiger partial charge is 0.383 e. The van der Waals surface area contributed by atoms with Crippen LogP contribution in [0, 0.1) is 5.82 Å². The number of benzene rings is 1. The maximum absolute atomic E-state index is 13.7. The maximum atomic E-state index is 13.7. The molecule has 0 aliphatic carbocycles. The molecule has 1 aromatic carbocycles. The minimum absolute atomic E-state index is 0. The van der Waals surface area contributed by atoms with E-state index in [4.69, 9.17) is 4.74 Å². The molecule has 1 aliphatic heterocycles. The maximum Gasteiger partial charge on any atom is 0.416 e. The highest BCUT2D eigenvalue weighted by Crippen LogP contribution is 2.30. The fourth-order valence-electron chi connectivity index (χ4n) is 2.69. The van der Waals surface area contributed by atoms with Gasteiger partial charge in [-0.1, -0.05) is 0 Å². The van der Waals surface area contributed by atoms with Gasteiger partial charge in [0.15, 0.2) is 0 Å². The molecule has 0 aromatic heterocycles. The third-order valence-corrected chi connectivity index (χ3v) is 3.88. The molecule has 1 aliphatic rings. The summed E-state index contributed by atoms with van der Waals surface area (Å²) in [6.45, 7) is 1.25. The van der Waals surface area contributed by atoms with E-state index >= 15 is 0 Å². The number of rotatable bonds is 5. The summed E-state index contributed by atoms with van der Waals surface area (Å²) in [5.41, 5.74) is -2.15. The molecule has 1 fully saturated rings. The van der Waals surface area contributed by atoms with Crippen LogP contribution < -0.4 is 10.6 Å². The standard InChI is InChI=1S/C15H18F4N2O2.ClH/c1-23-9-14(5-2-6-21-14)8-20-13(22)11-7-10(15(17,18)19)3-4-12(11)16;/h3-4,7,21H,2,5-6,8-9H2,1H3,(H,20,22);1H. The predicted molar refractivity (Wildman–Crippen MR) is 82.8 cm³/mol. The minimum Gasteiger partial charge on any atom is -0.383 e. The molecular formula is C15H19ClF4N2O2. The zero-order chi connectivity index (χ0) is 17.1. The zero-order valence-electron chi connectivity index (χ0n) is 13.0. The average Bonchev–Trinajstić information content (AvgIpc) is 2.93. The van der Waals surface area contributed by atoms with Crippen LogP contribution in [0.25, 0.3) is 0 Å². The van der Waals surface area contributed by atoms with Crippen molar-refractivity contribution in [3.63, 3.8) is 0 Å². The number of nitrogens with one attached hydrogen (secondary N) is 2. The first-order valence-corrected chi connectivity index (χ1v) is 7.16. The van der Waals surface area contributed by atoms with E-state index in [1.807, 2.05) is 0 Å². The molecule has 4 nitrogen and oxygen atoms in total. The normalized spacial score (nSPS) is 20.5. The molecule has 24 heavy (non-hydrogen) atoms. The number of halogens is 5. The van der Waals surface area contributed by atoms with Crippen LogP contribution in [0.15, 0.2) is 18.2 Å². The van der Waals surface area contributed by atoms with Gasteiger partial charge in [0.2, 0.25) is 0 Å². The Labute approximate surface area is 143 Å². The summed E-state index contributed by atoms with van der Waals surface area (Å²) >= 11 is 0. The highest BCUT2D eigenvalue weighted by atomic mass is 35.5. The van der Waals surface area contributed by atoms with Gasteiger partial charge in [-0.15, -0.1) is 12.4 Å². The Morgan fingerprint density at radius 2 is 2.12 bits per heavy atom. The summed E-state index contributed by atoms with van der Waals surface area (Å²) in [5.74, 6) is -1.87. The van der Waals surface area contributed by atoms with Crippen LogP contribution >= 0.6 is 12.4 Å². The van der Waals surface area contributed by atoms with E-state index < -0.39 is 34.6 Å². The molecule has 0 spiro atoms.